The third-order valence-electron chi connectivity index (χ3n) is 5.25. The maximum Gasteiger partial charge on any atom is 0.360 e. The van der Waals surface area contributed by atoms with Gasteiger partial charge in [0.2, 0.25) is 10.0 Å². The van der Waals surface area contributed by atoms with Crippen LogP contribution in [0.5, 0.6) is 5.75 Å². The smallest absolute Gasteiger partial charge is 0.360 e. The van der Waals surface area contributed by atoms with Gasteiger partial charge in [-0.25, -0.2) is 4.98 Å². The van der Waals surface area contributed by atoms with Crippen molar-refractivity contribution in [2.75, 3.05) is 20.3 Å². The molecule has 9 heteroatoms. The van der Waals surface area contributed by atoms with Crippen molar-refractivity contribution < 1.29 is 14.3 Å². The molecule has 0 aliphatic carbocycles. The topological polar surface area (TPSA) is 119 Å². The Labute approximate surface area is 194 Å². The number of aromatic nitrogens is 3. The summed E-state index contributed by atoms with van der Waals surface area (Å²) in [6.45, 7) is 1.000. The van der Waals surface area contributed by atoms with Crippen LogP contribution in [0.25, 0.3) is 33.3 Å². The van der Waals surface area contributed by atoms with Gasteiger partial charge >= 0.3 is 5.91 Å². The Hall–Kier alpha value is -4.59. The van der Waals surface area contributed by atoms with Gasteiger partial charge in [0.15, 0.2) is 10.8 Å². The van der Waals surface area contributed by atoms with Crippen molar-refractivity contribution >= 4 is 33.5 Å². The highest BCUT2D eigenvalue weighted by Gasteiger charge is 2.12. The van der Waals surface area contributed by atoms with Crippen molar-refractivity contribution in [2.24, 2.45) is 10.2 Å². The molecule has 3 aromatic carbocycles. The zero-order valence-corrected chi connectivity index (χ0v) is 18.4. The van der Waals surface area contributed by atoms with Gasteiger partial charge in [-0.2, -0.15) is 0 Å². The average Bonchev–Trinajstić information content (AvgIpc) is 3.50. The molecular weight excluding hydrogens is 432 g/mol. The first-order valence-corrected chi connectivity index (χ1v) is 10.6. The first kappa shape index (κ1) is 21.3. The van der Waals surface area contributed by atoms with Crippen LogP contribution in [0.3, 0.4) is 0 Å². The molecule has 2 heterocycles. The molecule has 0 saturated heterocycles. The summed E-state index contributed by atoms with van der Waals surface area (Å²) in [7, 11) is 1.63. The first-order valence-electron chi connectivity index (χ1n) is 10.6. The fourth-order valence-corrected chi connectivity index (χ4v) is 3.50. The lowest BCUT2D eigenvalue weighted by Crippen LogP contribution is -2.03. The third-order valence-corrected chi connectivity index (χ3v) is 5.25. The van der Waals surface area contributed by atoms with E-state index in [1.807, 2.05) is 54.7 Å². The number of H-pyrrole nitrogens is 2. The normalized spacial score (nSPS) is 10.9. The van der Waals surface area contributed by atoms with E-state index in [2.05, 4.69) is 30.1 Å². The van der Waals surface area contributed by atoms with Crippen molar-refractivity contribution in [3.8, 4) is 17.1 Å². The Morgan fingerprint density at radius 3 is 2.74 bits per heavy atom. The number of fused-ring (bicyclic) bond motifs is 2. The van der Waals surface area contributed by atoms with E-state index in [1.54, 1.807) is 25.3 Å². The minimum absolute atomic E-state index is 0.411. The van der Waals surface area contributed by atoms with Crippen molar-refractivity contribution in [2.45, 2.75) is 0 Å². The molecular formula is C25H21N6O3+. The zero-order chi connectivity index (χ0) is 23.3. The Morgan fingerprint density at radius 1 is 1.00 bits per heavy atom. The maximum absolute atomic E-state index is 12.4. The van der Waals surface area contributed by atoms with Gasteiger partial charge in [0.1, 0.15) is 18.2 Å². The molecule has 2 aromatic heterocycles. The number of methoxy groups -OCH3 is 1. The molecule has 0 radical (unpaired) electrons. The third kappa shape index (κ3) is 4.61. The number of aromatic amines is 2. The highest BCUT2D eigenvalue weighted by Crippen LogP contribution is 2.24. The van der Waals surface area contributed by atoms with Crippen LogP contribution in [0.4, 0.5) is 5.69 Å². The van der Waals surface area contributed by atoms with Gasteiger partial charge in [-0.05, 0) is 48.5 Å². The number of carbonyl (C=O) groups is 1. The molecule has 0 aliphatic heterocycles. The number of rotatable bonds is 7. The summed E-state index contributed by atoms with van der Waals surface area (Å²) in [5, 5.41) is 8.73. The highest BCUT2D eigenvalue weighted by atomic mass is 16.5. The quantitative estimate of drug-likeness (QED) is 0.200. The largest absolute Gasteiger partial charge is 0.491 e. The van der Waals surface area contributed by atoms with Gasteiger partial charge in [0.25, 0.3) is 0 Å². The number of benzene rings is 3. The Balaban J connectivity index is 1.29. The molecule has 0 saturated carbocycles. The second-order valence-corrected chi connectivity index (χ2v) is 7.53. The summed E-state index contributed by atoms with van der Waals surface area (Å²) in [6.07, 6.45) is 1.85. The Bertz CT molecular complexity index is 1530. The second kappa shape index (κ2) is 9.50. The SMILES string of the molecule is COCCOc1ccc2nc(-c3ccc(C(=O)N=[N+]=Nc4ccc5[nH]ccc5c4)cc3)[nH]c2c1. The van der Waals surface area contributed by atoms with Crippen LogP contribution >= 0.6 is 0 Å². The lowest BCUT2D eigenvalue weighted by atomic mass is 10.1. The Morgan fingerprint density at radius 2 is 1.88 bits per heavy atom. The predicted octanol–water partition coefficient (Wildman–Crippen LogP) is 5.18. The summed E-state index contributed by atoms with van der Waals surface area (Å²) in [5.41, 5.74) is 4.56. The van der Waals surface area contributed by atoms with E-state index in [4.69, 9.17) is 9.47 Å². The molecule has 0 atom stereocenters. The fourth-order valence-electron chi connectivity index (χ4n) is 3.50. The number of hydrogen-bond donors (Lipinski definition) is 2. The van der Waals surface area contributed by atoms with E-state index in [9.17, 15) is 4.79 Å². The van der Waals surface area contributed by atoms with Crippen molar-refractivity contribution in [1.82, 2.24) is 19.9 Å². The lowest BCUT2D eigenvalue weighted by Gasteiger charge is -2.04. The fraction of sp³-hybridized carbons (Fsp3) is 0.120. The molecule has 168 valence electrons. The summed E-state index contributed by atoms with van der Waals surface area (Å²) < 4.78 is 10.7. The van der Waals surface area contributed by atoms with Gasteiger partial charge < -0.3 is 19.4 Å². The number of carbonyl (C=O) groups excluding carboxylic acids is 1. The molecule has 0 aliphatic rings. The van der Waals surface area contributed by atoms with Gasteiger partial charge in [-0.3, -0.25) is 4.79 Å². The molecule has 0 spiro atoms. The highest BCUT2D eigenvalue weighted by molar-refractivity contribution is 5.95. The van der Waals surface area contributed by atoms with Crippen LogP contribution in [0, 0.1) is 0 Å². The number of nitrogens with zero attached hydrogens (tertiary/aromatic N) is 4. The van der Waals surface area contributed by atoms with Crippen LogP contribution in [-0.4, -0.2) is 41.2 Å². The molecule has 0 unspecified atom stereocenters. The molecule has 0 fully saturated rings. The predicted molar refractivity (Wildman–Crippen MR) is 128 cm³/mol. The van der Waals surface area contributed by atoms with Crippen molar-refractivity contribution in [3.05, 3.63) is 78.5 Å². The lowest BCUT2D eigenvalue weighted by molar-refractivity contribution is 0.0992. The number of nitrogens with one attached hydrogen (secondary N) is 2. The monoisotopic (exact) mass is 453 g/mol. The minimum atomic E-state index is -0.472. The van der Waals surface area contributed by atoms with Gasteiger partial charge in [0, 0.05) is 41.4 Å². The summed E-state index contributed by atoms with van der Waals surface area (Å²) in [6, 6.07) is 20.2. The van der Waals surface area contributed by atoms with E-state index >= 15 is 0 Å². The van der Waals surface area contributed by atoms with Crippen LogP contribution in [0.1, 0.15) is 10.4 Å². The zero-order valence-electron chi connectivity index (χ0n) is 18.4. The van der Waals surface area contributed by atoms with Gasteiger partial charge in [-0.15, -0.1) is 0 Å². The van der Waals surface area contributed by atoms with E-state index in [1.165, 1.54) is 0 Å². The van der Waals surface area contributed by atoms with Crippen LogP contribution in [0.2, 0.25) is 0 Å². The first-order chi connectivity index (χ1) is 16.7. The number of imidazole rings is 1. The average molecular weight is 453 g/mol. The van der Waals surface area contributed by atoms with Gasteiger partial charge in [-0.1, -0.05) is 12.1 Å². The standard InChI is InChI=1S/C25H20N6O3/c1-33-12-13-34-20-7-9-22-23(15-20)28-24(27-22)16-2-4-17(5-3-16)25(32)30-31-29-19-6-8-21-18(14-19)10-11-26-21/h2-11,14-15H,12-13H2,1H3,(H,27,28,32)/p+1. The molecule has 2 N–H and O–H groups in total. The van der Waals surface area contributed by atoms with Crippen molar-refractivity contribution in [1.29, 1.82) is 0 Å². The van der Waals surface area contributed by atoms with E-state index < -0.39 is 5.91 Å². The molecule has 5 rings (SSSR count). The van der Waals surface area contributed by atoms with Gasteiger partial charge in [0.05, 0.1) is 17.6 Å². The summed E-state index contributed by atoms with van der Waals surface area (Å²) in [4.78, 5) is 27.1. The van der Waals surface area contributed by atoms with Crippen molar-refractivity contribution in [3.63, 3.8) is 0 Å². The second-order valence-electron chi connectivity index (χ2n) is 7.53. The molecule has 9 nitrogen and oxygen atoms in total. The minimum Gasteiger partial charge on any atom is -0.491 e. The molecule has 5 aromatic rings. The van der Waals surface area contributed by atoms with E-state index in [-0.39, 0.29) is 0 Å². The Kier molecular flexibility index (Phi) is 5.94. The van der Waals surface area contributed by atoms with E-state index in [0.717, 1.165) is 33.2 Å². The number of amides is 1. The summed E-state index contributed by atoms with van der Waals surface area (Å²) in [5.74, 6) is 0.963. The summed E-state index contributed by atoms with van der Waals surface area (Å²) >= 11 is 0. The maximum atomic E-state index is 12.4. The molecule has 0 bridgehead atoms. The van der Waals surface area contributed by atoms with Crippen LogP contribution < -0.4 is 9.65 Å². The number of ether oxygens (including phenoxy) is 2. The van der Waals surface area contributed by atoms with E-state index in [0.29, 0.717) is 30.3 Å². The van der Waals surface area contributed by atoms with Crippen LogP contribution in [0.15, 0.2) is 83.2 Å². The number of hydrogen-bond acceptors (Lipinski definition) is 5. The van der Waals surface area contributed by atoms with Crippen LogP contribution in [-0.2, 0) is 4.74 Å². The molecule has 34 heavy (non-hydrogen) atoms. The molecule has 1 amide bonds.